The Morgan fingerprint density at radius 1 is 1.38 bits per heavy atom. The van der Waals surface area contributed by atoms with Crippen LogP contribution in [-0.4, -0.2) is 23.7 Å². The van der Waals surface area contributed by atoms with Crippen molar-refractivity contribution >= 4 is 17.2 Å². The van der Waals surface area contributed by atoms with Gasteiger partial charge < -0.3 is 10.4 Å². The number of thiophene rings is 1. The number of nitrogens with one attached hydrogen (secondary N) is 1. The Bertz CT molecular complexity index is 620. The van der Waals surface area contributed by atoms with Crippen molar-refractivity contribution in [3.05, 3.63) is 45.9 Å². The number of carbonyl (C=O) groups excluding carboxylic acids is 1. The fourth-order valence-corrected chi connectivity index (χ4v) is 2.95. The molecule has 0 aliphatic heterocycles. The van der Waals surface area contributed by atoms with Crippen LogP contribution in [0.4, 0.5) is 4.39 Å². The summed E-state index contributed by atoms with van der Waals surface area (Å²) in [6, 6.07) is 8.06. The highest BCUT2D eigenvalue weighted by Gasteiger charge is 2.13. The van der Waals surface area contributed by atoms with Gasteiger partial charge in [0.25, 0.3) is 5.91 Å². The smallest absolute Gasteiger partial charge is 0.261 e. The van der Waals surface area contributed by atoms with Crippen LogP contribution in [0.1, 0.15) is 27.9 Å². The third-order valence-electron chi connectivity index (χ3n) is 3.14. The molecule has 1 aromatic carbocycles. The highest BCUT2D eigenvalue weighted by atomic mass is 32.1. The SMILES string of the molecule is Cc1sc(C(=O)NCCC(C)O)cc1-c1ccc(F)cc1. The molecule has 0 bridgehead atoms. The van der Waals surface area contributed by atoms with E-state index < -0.39 is 6.10 Å². The maximum Gasteiger partial charge on any atom is 0.261 e. The number of amides is 1. The van der Waals surface area contributed by atoms with Crippen molar-refractivity contribution in [1.29, 1.82) is 0 Å². The van der Waals surface area contributed by atoms with Crippen molar-refractivity contribution in [3.63, 3.8) is 0 Å². The summed E-state index contributed by atoms with van der Waals surface area (Å²) in [5.74, 6) is -0.417. The maximum atomic E-state index is 13.0. The Morgan fingerprint density at radius 3 is 2.67 bits per heavy atom. The van der Waals surface area contributed by atoms with E-state index in [4.69, 9.17) is 0 Å². The summed E-state index contributed by atoms with van der Waals surface area (Å²) < 4.78 is 13.0. The van der Waals surface area contributed by atoms with Crippen molar-refractivity contribution in [2.45, 2.75) is 26.4 Å². The number of halogens is 1. The Morgan fingerprint density at radius 2 is 2.05 bits per heavy atom. The van der Waals surface area contributed by atoms with E-state index in [9.17, 15) is 14.3 Å². The lowest BCUT2D eigenvalue weighted by atomic mass is 10.1. The lowest BCUT2D eigenvalue weighted by molar-refractivity contribution is 0.0949. The molecule has 1 amide bonds. The van der Waals surface area contributed by atoms with Gasteiger partial charge in [-0.05, 0) is 49.6 Å². The molecule has 0 aliphatic carbocycles. The number of hydrogen-bond donors (Lipinski definition) is 2. The second kappa shape index (κ2) is 6.83. The molecule has 0 fully saturated rings. The molecular weight excluding hydrogens is 289 g/mol. The van der Waals surface area contributed by atoms with Gasteiger partial charge in [-0.1, -0.05) is 12.1 Å². The first-order chi connectivity index (χ1) is 9.97. The Balaban J connectivity index is 2.11. The summed E-state index contributed by atoms with van der Waals surface area (Å²) >= 11 is 1.41. The second-order valence-electron chi connectivity index (χ2n) is 4.98. The minimum absolute atomic E-state index is 0.142. The van der Waals surface area contributed by atoms with E-state index in [1.54, 1.807) is 19.1 Å². The van der Waals surface area contributed by atoms with Crippen LogP contribution in [0.3, 0.4) is 0 Å². The van der Waals surface area contributed by atoms with Crippen molar-refractivity contribution in [2.24, 2.45) is 0 Å². The van der Waals surface area contributed by atoms with Crippen LogP contribution >= 0.6 is 11.3 Å². The van der Waals surface area contributed by atoms with Gasteiger partial charge in [0.05, 0.1) is 11.0 Å². The highest BCUT2D eigenvalue weighted by Crippen LogP contribution is 2.31. The Hall–Kier alpha value is -1.72. The fourth-order valence-electron chi connectivity index (χ4n) is 1.99. The first-order valence-corrected chi connectivity index (χ1v) is 7.61. The van der Waals surface area contributed by atoms with Crippen LogP contribution in [0.15, 0.2) is 30.3 Å². The monoisotopic (exact) mass is 307 g/mol. The predicted octanol–water partition coefficient (Wildman–Crippen LogP) is 3.36. The third-order valence-corrected chi connectivity index (χ3v) is 4.19. The van der Waals surface area contributed by atoms with Crippen molar-refractivity contribution < 1.29 is 14.3 Å². The van der Waals surface area contributed by atoms with Gasteiger partial charge in [0.15, 0.2) is 0 Å². The molecule has 1 aromatic heterocycles. The van der Waals surface area contributed by atoms with Gasteiger partial charge in [-0.25, -0.2) is 4.39 Å². The minimum atomic E-state index is -0.426. The molecule has 1 unspecified atom stereocenters. The van der Waals surface area contributed by atoms with Gasteiger partial charge in [-0.15, -0.1) is 11.3 Å². The first-order valence-electron chi connectivity index (χ1n) is 6.80. The summed E-state index contributed by atoms with van der Waals surface area (Å²) in [4.78, 5) is 13.7. The number of carbonyl (C=O) groups is 1. The number of aryl methyl sites for hydroxylation is 1. The summed E-state index contributed by atoms with van der Waals surface area (Å²) in [6.07, 6.45) is 0.103. The number of hydrogen-bond acceptors (Lipinski definition) is 3. The average Bonchev–Trinajstić information content (AvgIpc) is 2.81. The van der Waals surface area contributed by atoms with E-state index >= 15 is 0 Å². The maximum absolute atomic E-state index is 13.0. The molecule has 1 atom stereocenters. The molecule has 0 aliphatic rings. The van der Waals surface area contributed by atoms with Crippen LogP contribution in [0, 0.1) is 12.7 Å². The number of rotatable bonds is 5. The molecule has 0 saturated carbocycles. The van der Waals surface area contributed by atoms with E-state index in [0.717, 1.165) is 16.0 Å². The summed E-state index contributed by atoms with van der Waals surface area (Å²) in [6.45, 7) is 4.07. The second-order valence-corrected chi connectivity index (χ2v) is 6.24. The topological polar surface area (TPSA) is 49.3 Å². The van der Waals surface area contributed by atoms with Gasteiger partial charge in [-0.3, -0.25) is 4.79 Å². The molecule has 112 valence electrons. The van der Waals surface area contributed by atoms with E-state index in [1.165, 1.54) is 23.5 Å². The quantitative estimate of drug-likeness (QED) is 0.890. The largest absolute Gasteiger partial charge is 0.393 e. The lowest BCUT2D eigenvalue weighted by Gasteiger charge is -2.05. The van der Waals surface area contributed by atoms with Gasteiger partial charge in [0.1, 0.15) is 5.82 Å². The first kappa shape index (κ1) is 15.7. The molecule has 0 spiro atoms. The van der Waals surface area contributed by atoms with E-state index in [2.05, 4.69) is 5.32 Å². The summed E-state index contributed by atoms with van der Waals surface area (Å²) in [5, 5.41) is 12.0. The zero-order valence-corrected chi connectivity index (χ0v) is 12.8. The molecule has 21 heavy (non-hydrogen) atoms. The zero-order valence-electron chi connectivity index (χ0n) is 12.0. The van der Waals surface area contributed by atoms with E-state index in [0.29, 0.717) is 17.8 Å². The standard InChI is InChI=1S/C16H18FNO2S/c1-10(19)7-8-18-16(20)15-9-14(11(2)21-15)12-3-5-13(17)6-4-12/h3-6,9-10,19H,7-8H2,1-2H3,(H,18,20). The van der Waals surface area contributed by atoms with E-state index in [-0.39, 0.29) is 11.7 Å². The Labute approximate surface area is 127 Å². The average molecular weight is 307 g/mol. The molecule has 3 nitrogen and oxygen atoms in total. The van der Waals surface area contributed by atoms with Crippen molar-refractivity contribution in [2.75, 3.05) is 6.54 Å². The van der Waals surface area contributed by atoms with Gasteiger partial charge >= 0.3 is 0 Å². The predicted molar refractivity (Wildman–Crippen MR) is 83.1 cm³/mol. The van der Waals surface area contributed by atoms with Gasteiger partial charge in [0, 0.05) is 11.4 Å². The Kier molecular flexibility index (Phi) is 5.09. The van der Waals surface area contributed by atoms with Crippen molar-refractivity contribution in [1.82, 2.24) is 5.32 Å². The van der Waals surface area contributed by atoms with Gasteiger partial charge in [-0.2, -0.15) is 0 Å². The van der Waals surface area contributed by atoms with E-state index in [1.807, 2.05) is 13.0 Å². The molecule has 5 heteroatoms. The molecule has 0 saturated heterocycles. The normalized spacial score (nSPS) is 12.2. The van der Waals surface area contributed by atoms with Crippen LogP contribution in [0.5, 0.6) is 0 Å². The molecule has 2 N–H and O–H groups in total. The molecule has 1 heterocycles. The zero-order chi connectivity index (χ0) is 15.4. The summed E-state index contributed by atoms with van der Waals surface area (Å²) in [7, 11) is 0. The minimum Gasteiger partial charge on any atom is -0.393 e. The number of aliphatic hydroxyl groups excluding tert-OH is 1. The fraction of sp³-hybridized carbons (Fsp3) is 0.312. The highest BCUT2D eigenvalue weighted by molar-refractivity contribution is 7.14. The molecule has 0 radical (unpaired) electrons. The molecule has 2 rings (SSSR count). The molecular formula is C16H18FNO2S. The molecule has 2 aromatic rings. The van der Waals surface area contributed by atoms with Crippen LogP contribution in [-0.2, 0) is 0 Å². The van der Waals surface area contributed by atoms with Crippen LogP contribution in [0.25, 0.3) is 11.1 Å². The van der Waals surface area contributed by atoms with Gasteiger partial charge in [0.2, 0.25) is 0 Å². The van der Waals surface area contributed by atoms with Crippen LogP contribution in [0.2, 0.25) is 0 Å². The van der Waals surface area contributed by atoms with Crippen molar-refractivity contribution in [3.8, 4) is 11.1 Å². The third kappa shape index (κ3) is 4.12. The van der Waals surface area contributed by atoms with Crippen LogP contribution < -0.4 is 5.32 Å². The lowest BCUT2D eigenvalue weighted by Crippen LogP contribution is -2.25. The number of aliphatic hydroxyl groups is 1. The number of benzene rings is 1. The summed E-state index contributed by atoms with van der Waals surface area (Å²) in [5.41, 5.74) is 1.84.